The third-order valence-corrected chi connectivity index (χ3v) is 10.8. The van der Waals surface area contributed by atoms with Crippen LogP contribution in [0.3, 0.4) is 0 Å². The van der Waals surface area contributed by atoms with Crippen LogP contribution < -0.4 is 21.3 Å². The molecule has 12 nitrogen and oxygen atoms in total. The van der Waals surface area contributed by atoms with E-state index in [2.05, 4.69) is 35.1 Å². The summed E-state index contributed by atoms with van der Waals surface area (Å²) in [6.07, 6.45) is 2.63. The number of nitrogens with one attached hydrogen (secondary N) is 4. The minimum atomic E-state index is -1.12. The molecule has 0 aromatic heterocycles. The number of hydrogen-bond acceptors (Lipinski definition) is 7. The van der Waals surface area contributed by atoms with Gasteiger partial charge in [-0.25, -0.2) is 4.79 Å². The first-order chi connectivity index (χ1) is 23.1. The fourth-order valence-electron chi connectivity index (χ4n) is 7.07. The van der Waals surface area contributed by atoms with Gasteiger partial charge in [0.1, 0.15) is 24.2 Å². The van der Waals surface area contributed by atoms with Gasteiger partial charge in [0.25, 0.3) is 5.91 Å². The molecular weight excluding hydrogens is 638 g/mol. The van der Waals surface area contributed by atoms with Crippen LogP contribution in [-0.2, 0) is 34.3 Å². The summed E-state index contributed by atoms with van der Waals surface area (Å²) < 4.78 is 5.59. The molecule has 0 bridgehead atoms. The molecule has 0 radical (unpaired) electrons. The van der Waals surface area contributed by atoms with E-state index < -0.39 is 70.8 Å². The number of fused-ring (bicyclic) bond motifs is 1. The summed E-state index contributed by atoms with van der Waals surface area (Å²) in [7, 11) is 0. The first kappa shape index (κ1) is 38.8. The van der Waals surface area contributed by atoms with Gasteiger partial charge in [0.15, 0.2) is 0 Å². The lowest BCUT2D eigenvalue weighted by molar-refractivity contribution is -0.157. The molecule has 4 N–H and O–H groups in total. The summed E-state index contributed by atoms with van der Waals surface area (Å²) in [5.74, 6) is -3.30. The molecule has 3 aliphatic rings. The molecular formula is C38H57N5O7. The van der Waals surface area contributed by atoms with E-state index in [-0.39, 0.29) is 35.5 Å². The second kappa shape index (κ2) is 14.3. The molecule has 3 fully saturated rings. The number of likely N-dealkylation sites (tertiary alicyclic amines) is 1. The molecule has 2 saturated carbocycles. The average molecular weight is 696 g/mol. The van der Waals surface area contributed by atoms with Crippen molar-refractivity contribution < 1.29 is 33.5 Å². The third-order valence-electron chi connectivity index (χ3n) is 10.8. The lowest BCUT2D eigenvalue weighted by atomic mass is 9.80. The van der Waals surface area contributed by atoms with E-state index in [0.29, 0.717) is 13.0 Å². The van der Waals surface area contributed by atoms with Crippen molar-refractivity contribution in [2.75, 3.05) is 13.1 Å². The number of benzene rings is 1. The van der Waals surface area contributed by atoms with E-state index in [0.717, 1.165) is 18.4 Å². The molecule has 2 aliphatic carbocycles. The number of carbonyl (C=O) groups excluding carboxylic acids is 6. The molecule has 1 heterocycles. The first-order valence-electron chi connectivity index (χ1n) is 17.9. The topological polar surface area (TPSA) is 163 Å². The van der Waals surface area contributed by atoms with Crippen LogP contribution in [0.15, 0.2) is 30.3 Å². The van der Waals surface area contributed by atoms with Crippen LogP contribution in [0, 0.1) is 28.6 Å². The second-order valence-electron chi connectivity index (χ2n) is 17.2. The molecule has 1 saturated heterocycles. The number of ether oxygens (including phenoxy) is 1. The SMILES string of the molecule is CCC(C)(C)[C@H](NC(=O)NC(C)(C)C)C(=O)N1C[C@H]2[C@@H]([C@H]1C(=O)NC(CC1CC1)C(=O)C(=O)NCC(=O)OC(C)(C)c1ccccc1)C2(C)C. The second-order valence-corrected chi connectivity index (χ2v) is 17.2. The van der Waals surface area contributed by atoms with E-state index in [1.54, 1.807) is 18.7 Å². The maximum atomic E-state index is 14.3. The van der Waals surface area contributed by atoms with Gasteiger partial charge < -0.3 is 30.9 Å². The maximum absolute atomic E-state index is 14.3. The van der Waals surface area contributed by atoms with E-state index in [1.807, 2.05) is 71.9 Å². The van der Waals surface area contributed by atoms with Crippen molar-refractivity contribution in [3.8, 4) is 0 Å². The minimum absolute atomic E-state index is 0.0722. The van der Waals surface area contributed by atoms with Gasteiger partial charge >= 0.3 is 12.0 Å². The smallest absolute Gasteiger partial charge is 0.326 e. The van der Waals surface area contributed by atoms with Gasteiger partial charge in [-0.2, -0.15) is 0 Å². The molecule has 4 rings (SSSR count). The van der Waals surface area contributed by atoms with Gasteiger partial charge in [0, 0.05) is 12.1 Å². The van der Waals surface area contributed by atoms with Gasteiger partial charge in [0.2, 0.25) is 17.6 Å². The molecule has 1 aromatic carbocycles. The van der Waals surface area contributed by atoms with E-state index in [9.17, 15) is 28.8 Å². The van der Waals surface area contributed by atoms with Crippen molar-refractivity contribution in [3.63, 3.8) is 0 Å². The highest BCUT2D eigenvalue weighted by Gasteiger charge is 2.70. The number of urea groups is 1. The molecule has 276 valence electrons. The summed E-state index contributed by atoms with van der Waals surface area (Å²) in [4.78, 5) is 82.3. The zero-order valence-electron chi connectivity index (χ0n) is 31.4. The first-order valence-corrected chi connectivity index (χ1v) is 17.9. The zero-order chi connectivity index (χ0) is 37.4. The summed E-state index contributed by atoms with van der Waals surface area (Å²) in [5.41, 5.74) is -1.53. The van der Waals surface area contributed by atoms with Crippen LogP contribution in [-0.4, -0.2) is 77.2 Å². The van der Waals surface area contributed by atoms with Gasteiger partial charge in [-0.1, -0.05) is 77.8 Å². The van der Waals surface area contributed by atoms with Crippen molar-refractivity contribution in [3.05, 3.63) is 35.9 Å². The van der Waals surface area contributed by atoms with Gasteiger partial charge in [-0.3, -0.25) is 24.0 Å². The molecule has 0 spiro atoms. The monoisotopic (exact) mass is 695 g/mol. The van der Waals surface area contributed by atoms with Crippen LogP contribution >= 0.6 is 0 Å². The fourth-order valence-corrected chi connectivity index (χ4v) is 7.07. The van der Waals surface area contributed by atoms with Crippen LogP contribution in [0.5, 0.6) is 0 Å². The molecule has 50 heavy (non-hydrogen) atoms. The van der Waals surface area contributed by atoms with E-state index >= 15 is 0 Å². The van der Waals surface area contributed by atoms with Crippen molar-refractivity contribution in [2.45, 2.75) is 124 Å². The summed E-state index contributed by atoms with van der Waals surface area (Å²) in [6, 6.07) is 5.79. The van der Waals surface area contributed by atoms with Gasteiger partial charge in [-0.15, -0.1) is 0 Å². The predicted molar refractivity (Wildman–Crippen MR) is 188 cm³/mol. The van der Waals surface area contributed by atoms with Crippen molar-refractivity contribution in [1.82, 2.24) is 26.2 Å². The highest BCUT2D eigenvalue weighted by atomic mass is 16.6. The van der Waals surface area contributed by atoms with Crippen molar-refractivity contribution in [2.24, 2.45) is 28.6 Å². The lowest BCUT2D eigenvalue weighted by Crippen LogP contribution is -2.62. The number of esters is 1. The maximum Gasteiger partial charge on any atom is 0.326 e. The van der Waals surface area contributed by atoms with Crippen LogP contribution in [0.1, 0.15) is 100 Å². The number of amides is 5. The summed E-state index contributed by atoms with van der Waals surface area (Å²) in [5, 5.41) is 11.0. The highest BCUT2D eigenvalue weighted by molar-refractivity contribution is 6.38. The summed E-state index contributed by atoms with van der Waals surface area (Å²) >= 11 is 0. The fraction of sp³-hybridized carbons (Fsp3) is 0.684. The Bertz CT molecular complexity index is 1480. The van der Waals surface area contributed by atoms with Gasteiger partial charge in [0.05, 0.1) is 6.04 Å². The quantitative estimate of drug-likeness (QED) is 0.170. The number of Topliss-reactive ketones (excluding diaryl/α,β-unsaturated/α-hetero) is 1. The zero-order valence-corrected chi connectivity index (χ0v) is 31.4. The molecule has 5 amide bonds. The highest BCUT2D eigenvalue weighted by Crippen LogP contribution is 2.65. The van der Waals surface area contributed by atoms with Crippen molar-refractivity contribution in [1.29, 1.82) is 0 Å². The Labute approximate surface area is 296 Å². The van der Waals surface area contributed by atoms with Crippen molar-refractivity contribution >= 4 is 35.5 Å². The predicted octanol–water partition coefficient (Wildman–Crippen LogP) is 3.82. The molecule has 1 aliphatic heterocycles. The Morgan fingerprint density at radius 3 is 2.12 bits per heavy atom. The van der Waals surface area contributed by atoms with E-state index in [4.69, 9.17) is 4.74 Å². The van der Waals surface area contributed by atoms with Gasteiger partial charge in [-0.05, 0) is 81.6 Å². The molecule has 12 heteroatoms. The number of piperidine rings is 1. The van der Waals surface area contributed by atoms with Crippen LogP contribution in [0.25, 0.3) is 0 Å². The Morgan fingerprint density at radius 1 is 0.940 bits per heavy atom. The minimum Gasteiger partial charge on any atom is -0.453 e. The number of nitrogens with zero attached hydrogens (tertiary/aromatic N) is 1. The summed E-state index contributed by atoms with van der Waals surface area (Å²) in [6.45, 7) is 18.7. The molecule has 1 aromatic rings. The normalized spacial score (nSPS) is 22.4. The van der Waals surface area contributed by atoms with Crippen LogP contribution in [0.4, 0.5) is 4.79 Å². The average Bonchev–Trinajstić information content (AvgIpc) is 3.88. The number of carbonyl (C=O) groups is 6. The Morgan fingerprint density at radius 2 is 1.56 bits per heavy atom. The van der Waals surface area contributed by atoms with Crippen LogP contribution in [0.2, 0.25) is 0 Å². The number of rotatable bonds is 14. The Balaban J connectivity index is 1.47. The number of hydrogen-bond donors (Lipinski definition) is 4. The third kappa shape index (κ3) is 9.03. The molecule has 5 atom stereocenters. The number of ketones is 1. The lowest BCUT2D eigenvalue weighted by Gasteiger charge is -2.39. The Kier molecular flexibility index (Phi) is 11.1. The van der Waals surface area contributed by atoms with E-state index in [1.165, 1.54) is 0 Å². The largest absolute Gasteiger partial charge is 0.453 e. The standard InChI is InChI=1S/C38H57N5O7/c1-11-36(5,6)30(41-34(49)42-35(2,3)4)33(48)43-21-24-27(37(24,7)8)28(43)31(46)40-25(19-22-17-18-22)29(45)32(47)39-20-26(44)50-38(9,10)23-15-13-12-14-16-23/h12-16,22,24-25,27-28,30H,11,17-21H2,1-10H3,(H,39,47)(H,40,46)(H2,41,42,49)/t24-,25?,27-,28-,30+/m0/s1. The molecule has 1 unspecified atom stereocenters. The Hall–Kier alpha value is -3.96.